The van der Waals surface area contributed by atoms with Gasteiger partial charge in [-0.25, -0.2) is 14.2 Å². The van der Waals surface area contributed by atoms with Gasteiger partial charge in [-0.15, -0.1) is 0 Å². The second kappa shape index (κ2) is 6.16. The standard InChI is InChI=1S/C18H16FN3O3/c19-12-6-4-11(5-7-12)15-16(22-8-2-1-3-9-22)21-17-13(20-15)10-14(25-17)18(23)24/h4-7,10H,1-3,8-9H2,(H,23,24). The second-order valence-electron chi connectivity index (χ2n) is 6.06. The summed E-state index contributed by atoms with van der Waals surface area (Å²) in [6, 6.07) is 7.41. The number of carbonyl (C=O) groups is 1. The highest BCUT2D eigenvalue weighted by atomic mass is 19.1. The van der Waals surface area contributed by atoms with E-state index in [1.54, 1.807) is 12.1 Å². The molecule has 1 saturated heterocycles. The van der Waals surface area contributed by atoms with E-state index >= 15 is 0 Å². The Kier molecular flexibility index (Phi) is 3.83. The van der Waals surface area contributed by atoms with Crippen LogP contribution in [0.2, 0.25) is 0 Å². The van der Waals surface area contributed by atoms with Crippen molar-refractivity contribution in [1.82, 2.24) is 9.97 Å². The summed E-state index contributed by atoms with van der Waals surface area (Å²) in [5, 5.41) is 9.12. The molecular formula is C18H16FN3O3. The number of carboxylic acid groups (broad SMARTS) is 1. The molecule has 6 nitrogen and oxygen atoms in total. The molecule has 1 aliphatic rings. The van der Waals surface area contributed by atoms with Crippen molar-refractivity contribution in [3.05, 3.63) is 41.9 Å². The first-order chi connectivity index (χ1) is 12.1. The molecular weight excluding hydrogens is 325 g/mol. The van der Waals surface area contributed by atoms with Crippen molar-refractivity contribution in [1.29, 1.82) is 0 Å². The van der Waals surface area contributed by atoms with Gasteiger partial charge in [-0.3, -0.25) is 0 Å². The molecule has 2 aromatic heterocycles. The lowest BCUT2D eigenvalue weighted by molar-refractivity contribution is 0.0664. The van der Waals surface area contributed by atoms with E-state index < -0.39 is 5.97 Å². The molecule has 0 bridgehead atoms. The maximum absolute atomic E-state index is 13.3. The van der Waals surface area contributed by atoms with E-state index in [4.69, 9.17) is 9.52 Å². The Balaban J connectivity index is 1.89. The smallest absolute Gasteiger partial charge is 0.371 e. The number of fused-ring (bicyclic) bond motifs is 1. The Bertz CT molecular complexity index is 931. The molecule has 0 atom stereocenters. The maximum atomic E-state index is 13.3. The summed E-state index contributed by atoms with van der Waals surface area (Å²) >= 11 is 0. The topological polar surface area (TPSA) is 79.5 Å². The summed E-state index contributed by atoms with van der Waals surface area (Å²) in [6.45, 7) is 1.70. The molecule has 3 aromatic rings. The maximum Gasteiger partial charge on any atom is 0.371 e. The zero-order chi connectivity index (χ0) is 17.4. The van der Waals surface area contributed by atoms with Crippen LogP contribution in [-0.2, 0) is 0 Å². The third-order valence-electron chi connectivity index (χ3n) is 4.33. The van der Waals surface area contributed by atoms with Gasteiger partial charge in [0, 0.05) is 24.7 Å². The molecule has 4 rings (SSSR count). The molecule has 1 aromatic carbocycles. The summed E-state index contributed by atoms with van der Waals surface area (Å²) in [5.74, 6) is -1.04. The number of aromatic nitrogens is 2. The van der Waals surface area contributed by atoms with Gasteiger partial charge < -0.3 is 14.4 Å². The predicted octanol–water partition coefficient (Wildman–Crippen LogP) is 3.72. The Morgan fingerprint density at radius 1 is 1.12 bits per heavy atom. The minimum absolute atomic E-state index is 0.198. The Hall–Kier alpha value is -2.96. The SMILES string of the molecule is O=C(O)c1cc2nc(-c3ccc(F)cc3)c(N3CCCCC3)nc2o1. The molecule has 128 valence electrons. The number of rotatable bonds is 3. The Labute approximate surface area is 142 Å². The quantitative estimate of drug-likeness (QED) is 0.782. The fourth-order valence-electron chi connectivity index (χ4n) is 3.08. The van der Waals surface area contributed by atoms with Gasteiger partial charge in [-0.1, -0.05) is 0 Å². The van der Waals surface area contributed by atoms with Gasteiger partial charge in [0.05, 0.1) is 0 Å². The summed E-state index contributed by atoms with van der Waals surface area (Å²) in [5.41, 5.74) is 1.91. The van der Waals surface area contributed by atoms with Gasteiger partial charge in [-0.2, -0.15) is 4.98 Å². The van der Waals surface area contributed by atoms with E-state index in [9.17, 15) is 9.18 Å². The number of aromatic carboxylic acids is 1. The molecule has 0 aliphatic carbocycles. The number of furan rings is 1. The summed E-state index contributed by atoms with van der Waals surface area (Å²) < 4.78 is 18.6. The molecule has 0 saturated carbocycles. The second-order valence-corrected chi connectivity index (χ2v) is 6.06. The molecule has 0 unspecified atom stereocenters. The average Bonchev–Trinajstić information content (AvgIpc) is 3.05. The molecule has 25 heavy (non-hydrogen) atoms. The average molecular weight is 341 g/mol. The monoisotopic (exact) mass is 341 g/mol. The van der Waals surface area contributed by atoms with Crippen LogP contribution in [0.3, 0.4) is 0 Å². The number of hydrogen-bond donors (Lipinski definition) is 1. The first kappa shape index (κ1) is 15.6. The Morgan fingerprint density at radius 3 is 2.52 bits per heavy atom. The van der Waals surface area contributed by atoms with Crippen LogP contribution in [0.4, 0.5) is 10.2 Å². The lowest BCUT2D eigenvalue weighted by atomic mass is 10.1. The van der Waals surface area contributed by atoms with Crippen molar-refractivity contribution in [3.8, 4) is 11.3 Å². The first-order valence-corrected chi connectivity index (χ1v) is 8.17. The van der Waals surface area contributed by atoms with Crippen molar-refractivity contribution in [3.63, 3.8) is 0 Å². The van der Waals surface area contributed by atoms with Crippen molar-refractivity contribution in [2.75, 3.05) is 18.0 Å². The molecule has 7 heteroatoms. The highest BCUT2D eigenvalue weighted by molar-refractivity contribution is 5.90. The van der Waals surface area contributed by atoms with Gasteiger partial charge in [0.25, 0.3) is 0 Å². The lowest BCUT2D eigenvalue weighted by Gasteiger charge is -2.28. The van der Waals surface area contributed by atoms with Crippen molar-refractivity contribution >= 4 is 23.0 Å². The molecule has 0 spiro atoms. The fourth-order valence-corrected chi connectivity index (χ4v) is 3.08. The van der Waals surface area contributed by atoms with Crippen LogP contribution in [0.15, 0.2) is 34.7 Å². The molecule has 1 fully saturated rings. The molecule has 0 amide bonds. The number of piperidine rings is 1. The van der Waals surface area contributed by atoms with Crippen LogP contribution in [0, 0.1) is 5.82 Å². The minimum Gasteiger partial charge on any atom is -0.475 e. The molecule has 1 aliphatic heterocycles. The van der Waals surface area contributed by atoms with Gasteiger partial charge in [0.2, 0.25) is 11.5 Å². The van der Waals surface area contributed by atoms with Crippen molar-refractivity contribution in [2.24, 2.45) is 0 Å². The Morgan fingerprint density at radius 2 is 1.84 bits per heavy atom. The molecule has 0 radical (unpaired) electrons. The van der Waals surface area contributed by atoms with E-state index in [0.29, 0.717) is 17.0 Å². The number of anilines is 1. The molecule has 3 heterocycles. The van der Waals surface area contributed by atoms with Crippen molar-refractivity contribution in [2.45, 2.75) is 19.3 Å². The number of nitrogens with zero attached hydrogens (tertiary/aromatic N) is 3. The van der Waals surface area contributed by atoms with Gasteiger partial charge in [-0.05, 0) is 43.5 Å². The van der Waals surface area contributed by atoms with Gasteiger partial charge >= 0.3 is 5.97 Å². The highest BCUT2D eigenvalue weighted by Gasteiger charge is 2.22. The predicted molar refractivity (Wildman–Crippen MR) is 90.2 cm³/mol. The van der Waals surface area contributed by atoms with E-state index in [2.05, 4.69) is 14.9 Å². The third-order valence-corrected chi connectivity index (χ3v) is 4.33. The lowest BCUT2D eigenvalue weighted by Crippen LogP contribution is -2.30. The van der Waals surface area contributed by atoms with Crippen LogP contribution in [0.5, 0.6) is 0 Å². The first-order valence-electron chi connectivity index (χ1n) is 8.17. The van der Waals surface area contributed by atoms with Crippen LogP contribution in [-0.4, -0.2) is 34.1 Å². The van der Waals surface area contributed by atoms with Crippen LogP contribution >= 0.6 is 0 Å². The van der Waals surface area contributed by atoms with Crippen LogP contribution < -0.4 is 4.90 Å². The van der Waals surface area contributed by atoms with Crippen LogP contribution in [0.1, 0.15) is 29.8 Å². The van der Waals surface area contributed by atoms with Gasteiger partial charge in [0.15, 0.2) is 5.82 Å². The summed E-state index contributed by atoms with van der Waals surface area (Å²) in [6.07, 6.45) is 3.28. The largest absolute Gasteiger partial charge is 0.475 e. The third kappa shape index (κ3) is 2.93. The number of benzene rings is 1. The van der Waals surface area contributed by atoms with Gasteiger partial charge in [0.1, 0.15) is 17.0 Å². The summed E-state index contributed by atoms with van der Waals surface area (Å²) in [7, 11) is 0. The normalized spacial score (nSPS) is 14.8. The molecule has 1 N–H and O–H groups in total. The zero-order valence-corrected chi connectivity index (χ0v) is 13.4. The van der Waals surface area contributed by atoms with E-state index in [1.807, 2.05) is 0 Å². The fraction of sp³-hybridized carbons (Fsp3) is 0.278. The highest BCUT2D eigenvalue weighted by Crippen LogP contribution is 2.32. The number of carboxylic acids is 1. The number of hydrogen-bond acceptors (Lipinski definition) is 5. The van der Waals surface area contributed by atoms with E-state index in [-0.39, 0.29) is 17.3 Å². The van der Waals surface area contributed by atoms with E-state index in [0.717, 1.165) is 31.5 Å². The van der Waals surface area contributed by atoms with Crippen LogP contribution in [0.25, 0.3) is 22.5 Å². The zero-order valence-electron chi connectivity index (χ0n) is 13.4. The number of halogens is 1. The van der Waals surface area contributed by atoms with Crippen molar-refractivity contribution < 1.29 is 18.7 Å². The minimum atomic E-state index is -1.16. The van der Waals surface area contributed by atoms with E-state index in [1.165, 1.54) is 24.6 Å². The summed E-state index contributed by atoms with van der Waals surface area (Å²) in [4.78, 5) is 22.4.